The number of hydrogen-bond acceptors (Lipinski definition) is 2. The summed E-state index contributed by atoms with van der Waals surface area (Å²) < 4.78 is 5.64. The molecule has 2 atom stereocenters. The molecule has 104 valence electrons. The van der Waals surface area contributed by atoms with Gasteiger partial charge in [-0.05, 0) is 30.5 Å². The molecule has 3 rings (SSSR count). The third kappa shape index (κ3) is 2.13. The van der Waals surface area contributed by atoms with Crippen LogP contribution in [0.5, 0.6) is 0 Å². The highest BCUT2D eigenvalue weighted by Gasteiger charge is 2.48. The van der Waals surface area contributed by atoms with Gasteiger partial charge in [-0.2, -0.15) is 0 Å². The minimum absolute atomic E-state index is 0.0912. The standard InChI is InChI=1S/C17H19NO2/c1-2-17(15-9-6-10-20-15)12-16(19)18-14(17)11-13-7-4-3-5-8-13/h3-10,14H,2,11-12H2,1H3,(H,18,19). The molecule has 0 radical (unpaired) electrons. The predicted molar refractivity (Wildman–Crippen MR) is 77.4 cm³/mol. The van der Waals surface area contributed by atoms with E-state index in [1.807, 2.05) is 30.3 Å². The lowest BCUT2D eigenvalue weighted by molar-refractivity contribution is -0.119. The van der Waals surface area contributed by atoms with E-state index in [-0.39, 0.29) is 17.4 Å². The van der Waals surface area contributed by atoms with Crippen molar-refractivity contribution in [2.45, 2.75) is 37.6 Å². The molecule has 3 heteroatoms. The molecular weight excluding hydrogens is 250 g/mol. The lowest BCUT2D eigenvalue weighted by Crippen LogP contribution is -2.41. The second-order valence-corrected chi connectivity index (χ2v) is 5.47. The van der Waals surface area contributed by atoms with Crippen LogP contribution in [-0.2, 0) is 16.6 Å². The molecule has 2 heterocycles. The van der Waals surface area contributed by atoms with Crippen molar-refractivity contribution in [3.05, 3.63) is 60.1 Å². The predicted octanol–water partition coefficient (Wildman–Crippen LogP) is 3.06. The number of nitrogens with one attached hydrogen (secondary N) is 1. The molecule has 3 nitrogen and oxygen atoms in total. The van der Waals surface area contributed by atoms with E-state index in [1.54, 1.807) is 6.26 Å². The fourth-order valence-electron chi connectivity index (χ4n) is 3.26. The summed E-state index contributed by atoms with van der Waals surface area (Å²) in [5, 5.41) is 3.13. The summed E-state index contributed by atoms with van der Waals surface area (Å²) in [4.78, 5) is 12.0. The highest BCUT2D eigenvalue weighted by atomic mass is 16.3. The molecule has 1 saturated heterocycles. The molecule has 2 unspecified atom stereocenters. The van der Waals surface area contributed by atoms with E-state index in [4.69, 9.17) is 4.42 Å². The van der Waals surface area contributed by atoms with Crippen molar-refractivity contribution < 1.29 is 9.21 Å². The van der Waals surface area contributed by atoms with Crippen LogP contribution in [-0.4, -0.2) is 11.9 Å². The molecule has 2 aromatic rings. The first-order chi connectivity index (χ1) is 9.74. The lowest BCUT2D eigenvalue weighted by Gasteiger charge is -2.31. The second kappa shape index (κ2) is 5.16. The van der Waals surface area contributed by atoms with Crippen LogP contribution >= 0.6 is 0 Å². The van der Waals surface area contributed by atoms with Gasteiger partial charge in [0.1, 0.15) is 5.76 Å². The molecular formula is C17H19NO2. The van der Waals surface area contributed by atoms with Gasteiger partial charge in [0.25, 0.3) is 0 Å². The first kappa shape index (κ1) is 13.0. The third-order valence-electron chi connectivity index (χ3n) is 4.40. The molecule has 1 aliphatic rings. The van der Waals surface area contributed by atoms with Gasteiger partial charge in [-0.25, -0.2) is 0 Å². The first-order valence-electron chi connectivity index (χ1n) is 7.12. The van der Waals surface area contributed by atoms with Crippen LogP contribution in [0.2, 0.25) is 0 Å². The third-order valence-corrected chi connectivity index (χ3v) is 4.40. The largest absolute Gasteiger partial charge is 0.469 e. The Labute approximate surface area is 119 Å². The van der Waals surface area contributed by atoms with E-state index in [0.717, 1.165) is 18.6 Å². The van der Waals surface area contributed by atoms with Crippen LogP contribution in [0.15, 0.2) is 53.1 Å². The van der Waals surface area contributed by atoms with Crippen molar-refractivity contribution in [3.63, 3.8) is 0 Å². The summed E-state index contributed by atoms with van der Waals surface area (Å²) >= 11 is 0. The highest BCUT2D eigenvalue weighted by molar-refractivity contribution is 5.81. The Morgan fingerprint density at radius 1 is 1.25 bits per heavy atom. The zero-order valence-electron chi connectivity index (χ0n) is 11.6. The van der Waals surface area contributed by atoms with E-state index in [9.17, 15) is 4.79 Å². The molecule has 0 saturated carbocycles. The zero-order chi connectivity index (χ0) is 14.0. The minimum Gasteiger partial charge on any atom is -0.469 e. The average molecular weight is 269 g/mol. The fraction of sp³-hybridized carbons (Fsp3) is 0.353. The minimum atomic E-state index is -0.226. The summed E-state index contributed by atoms with van der Waals surface area (Å²) in [7, 11) is 0. The van der Waals surface area contributed by atoms with Crippen molar-refractivity contribution in [1.29, 1.82) is 0 Å². The number of carbonyl (C=O) groups excluding carboxylic acids is 1. The first-order valence-corrected chi connectivity index (χ1v) is 7.12. The van der Waals surface area contributed by atoms with Gasteiger partial charge in [0.15, 0.2) is 0 Å². The van der Waals surface area contributed by atoms with E-state index >= 15 is 0 Å². The molecule has 0 bridgehead atoms. The quantitative estimate of drug-likeness (QED) is 0.927. The fourth-order valence-corrected chi connectivity index (χ4v) is 3.26. The second-order valence-electron chi connectivity index (χ2n) is 5.47. The molecule has 1 fully saturated rings. The van der Waals surface area contributed by atoms with Crippen molar-refractivity contribution in [3.8, 4) is 0 Å². The summed E-state index contributed by atoms with van der Waals surface area (Å²) in [6.45, 7) is 2.13. The van der Waals surface area contributed by atoms with Gasteiger partial charge in [-0.3, -0.25) is 4.79 Å². The van der Waals surface area contributed by atoms with Gasteiger partial charge in [-0.15, -0.1) is 0 Å². The number of hydrogen-bond donors (Lipinski definition) is 1. The Hall–Kier alpha value is -2.03. The molecule has 1 aliphatic heterocycles. The van der Waals surface area contributed by atoms with Gasteiger partial charge >= 0.3 is 0 Å². The topological polar surface area (TPSA) is 42.2 Å². The summed E-state index contributed by atoms with van der Waals surface area (Å²) in [5.41, 5.74) is 1.01. The highest BCUT2D eigenvalue weighted by Crippen LogP contribution is 2.40. The number of carbonyl (C=O) groups is 1. The van der Waals surface area contributed by atoms with Crippen molar-refractivity contribution in [2.24, 2.45) is 0 Å². The lowest BCUT2D eigenvalue weighted by atomic mass is 9.74. The van der Waals surface area contributed by atoms with E-state index in [0.29, 0.717) is 6.42 Å². The Balaban J connectivity index is 1.93. The van der Waals surface area contributed by atoms with Gasteiger partial charge in [0, 0.05) is 12.5 Å². The SMILES string of the molecule is CCC1(c2ccco2)CC(=O)NC1Cc1ccccc1. The maximum Gasteiger partial charge on any atom is 0.221 e. The summed E-state index contributed by atoms with van der Waals surface area (Å²) in [6.07, 6.45) is 3.92. The van der Waals surface area contributed by atoms with E-state index in [2.05, 4.69) is 24.4 Å². The van der Waals surface area contributed by atoms with Gasteiger partial charge < -0.3 is 9.73 Å². The molecule has 1 aromatic carbocycles. The average Bonchev–Trinajstić information content (AvgIpc) is 3.08. The van der Waals surface area contributed by atoms with Gasteiger partial charge in [0.2, 0.25) is 5.91 Å². The van der Waals surface area contributed by atoms with Gasteiger partial charge in [-0.1, -0.05) is 37.3 Å². The Bertz CT molecular complexity index is 576. The van der Waals surface area contributed by atoms with Gasteiger partial charge in [0.05, 0.1) is 11.7 Å². The maximum atomic E-state index is 12.0. The Morgan fingerprint density at radius 2 is 2.05 bits per heavy atom. The van der Waals surface area contributed by atoms with Crippen molar-refractivity contribution >= 4 is 5.91 Å². The van der Waals surface area contributed by atoms with Crippen LogP contribution in [0.1, 0.15) is 31.1 Å². The Morgan fingerprint density at radius 3 is 2.70 bits per heavy atom. The number of furan rings is 1. The van der Waals surface area contributed by atoms with E-state index < -0.39 is 0 Å². The van der Waals surface area contributed by atoms with Crippen LogP contribution in [0, 0.1) is 0 Å². The molecule has 1 aromatic heterocycles. The van der Waals surface area contributed by atoms with Crippen molar-refractivity contribution in [1.82, 2.24) is 5.32 Å². The van der Waals surface area contributed by atoms with Crippen molar-refractivity contribution in [2.75, 3.05) is 0 Å². The molecule has 20 heavy (non-hydrogen) atoms. The number of amides is 1. The normalized spacial score (nSPS) is 25.6. The van der Waals surface area contributed by atoms with Crippen LogP contribution in [0.4, 0.5) is 0 Å². The Kier molecular flexibility index (Phi) is 3.35. The molecule has 1 N–H and O–H groups in total. The molecule has 1 amide bonds. The maximum absolute atomic E-state index is 12.0. The number of rotatable bonds is 4. The summed E-state index contributed by atoms with van der Waals surface area (Å²) in [6, 6.07) is 14.3. The molecule has 0 aliphatic carbocycles. The van der Waals surface area contributed by atoms with Crippen LogP contribution in [0.3, 0.4) is 0 Å². The number of benzene rings is 1. The zero-order valence-corrected chi connectivity index (χ0v) is 11.6. The van der Waals surface area contributed by atoms with Crippen LogP contribution < -0.4 is 5.32 Å². The smallest absolute Gasteiger partial charge is 0.221 e. The van der Waals surface area contributed by atoms with E-state index in [1.165, 1.54) is 5.56 Å². The molecule has 0 spiro atoms. The monoisotopic (exact) mass is 269 g/mol. The van der Waals surface area contributed by atoms with Crippen LogP contribution in [0.25, 0.3) is 0 Å². The summed E-state index contributed by atoms with van der Waals surface area (Å²) in [5.74, 6) is 1.03.